The lowest BCUT2D eigenvalue weighted by atomic mass is 9.86. The fraction of sp³-hybridized carbons (Fsp3) is 0.714. The Morgan fingerprint density at radius 1 is 1.22 bits per heavy atom. The van der Waals surface area contributed by atoms with Gasteiger partial charge in [-0.15, -0.1) is 10.2 Å². The van der Waals surface area contributed by atoms with Crippen LogP contribution in [0.4, 0.5) is 4.79 Å². The van der Waals surface area contributed by atoms with Crippen LogP contribution in [0.3, 0.4) is 0 Å². The van der Waals surface area contributed by atoms with Gasteiger partial charge in [-0.05, 0) is 24.5 Å². The molecule has 0 saturated heterocycles. The van der Waals surface area contributed by atoms with Gasteiger partial charge in [-0.3, -0.25) is 10.1 Å². The van der Waals surface area contributed by atoms with Gasteiger partial charge >= 0.3 is 6.03 Å². The molecule has 1 heterocycles. The highest BCUT2D eigenvalue weighted by molar-refractivity contribution is 8.03. The van der Waals surface area contributed by atoms with Gasteiger partial charge in [0.25, 0.3) is 0 Å². The maximum Gasteiger partial charge on any atom is 0.321 e. The van der Waals surface area contributed by atoms with E-state index in [9.17, 15) is 9.59 Å². The van der Waals surface area contributed by atoms with E-state index in [-0.39, 0.29) is 17.7 Å². The van der Waals surface area contributed by atoms with Crippen molar-refractivity contribution in [2.75, 3.05) is 11.5 Å². The molecule has 2 atom stereocenters. The lowest BCUT2D eigenvalue weighted by Gasteiger charge is -2.29. The van der Waals surface area contributed by atoms with Crippen molar-refractivity contribution in [3.63, 3.8) is 0 Å². The van der Waals surface area contributed by atoms with Gasteiger partial charge in [0.2, 0.25) is 5.91 Å². The second-order valence-corrected chi connectivity index (χ2v) is 9.16. The second kappa shape index (κ2) is 9.48. The zero-order valence-electron chi connectivity index (χ0n) is 13.3. The molecule has 0 bridgehead atoms. The van der Waals surface area contributed by atoms with Crippen molar-refractivity contribution in [3.8, 4) is 0 Å². The number of urea groups is 1. The fourth-order valence-electron chi connectivity index (χ4n) is 2.46. The molecule has 128 valence electrons. The van der Waals surface area contributed by atoms with E-state index in [1.54, 1.807) is 11.8 Å². The summed E-state index contributed by atoms with van der Waals surface area (Å²) < 4.78 is 1.65. The molecule has 0 radical (unpaired) electrons. The van der Waals surface area contributed by atoms with Crippen LogP contribution in [-0.4, -0.2) is 39.7 Å². The number of aromatic nitrogens is 2. The van der Waals surface area contributed by atoms with E-state index in [1.165, 1.54) is 29.5 Å². The van der Waals surface area contributed by atoms with Crippen LogP contribution < -0.4 is 10.6 Å². The van der Waals surface area contributed by atoms with Crippen LogP contribution >= 0.6 is 34.9 Å². The average molecular weight is 375 g/mol. The maximum absolute atomic E-state index is 11.9. The number of rotatable bonds is 6. The summed E-state index contributed by atoms with van der Waals surface area (Å²) >= 11 is 4.40. The smallest absolute Gasteiger partial charge is 0.321 e. The minimum atomic E-state index is -0.395. The number of carbonyl (C=O) groups is 2. The van der Waals surface area contributed by atoms with Gasteiger partial charge in [0, 0.05) is 6.04 Å². The number of amides is 3. The third-order valence-electron chi connectivity index (χ3n) is 3.66. The summed E-state index contributed by atoms with van der Waals surface area (Å²) in [5.74, 6) is 1.27. The summed E-state index contributed by atoms with van der Waals surface area (Å²) in [7, 11) is 0. The number of nitrogens with one attached hydrogen (secondary N) is 2. The van der Waals surface area contributed by atoms with E-state index in [0.29, 0.717) is 5.92 Å². The first-order valence-corrected chi connectivity index (χ1v) is 10.6. The number of carbonyl (C=O) groups excluding carboxylic acids is 2. The topological polar surface area (TPSA) is 84.0 Å². The van der Waals surface area contributed by atoms with Crippen LogP contribution in [-0.2, 0) is 4.79 Å². The maximum atomic E-state index is 11.9. The molecule has 1 saturated carbocycles. The number of imide groups is 1. The Bertz CT molecular complexity index is 538. The fourth-order valence-corrected chi connectivity index (χ4v) is 5.18. The van der Waals surface area contributed by atoms with Gasteiger partial charge < -0.3 is 5.32 Å². The number of thioether (sulfide) groups is 2. The number of nitrogens with zero attached hydrogens (tertiary/aromatic N) is 2. The van der Waals surface area contributed by atoms with Gasteiger partial charge in [-0.25, -0.2) is 4.79 Å². The van der Waals surface area contributed by atoms with Crippen molar-refractivity contribution < 1.29 is 9.59 Å². The molecular formula is C14H22N4O2S3. The molecule has 0 spiro atoms. The van der Waals surface area contributed by atoms with Crippen LogP contribution in [0.2, 0.25) is 0 Å². The molecule has 9 heteroatoms. The molecule has 1 aliphatic carbocycles. The normalized spacial score (nSPS) is 21.0. The van der Waals surface area contributed by atoms with Crippen molar-refractivity contribution in [3.05, 3.63) is 0 Å². The zero-order valence-corrected chi connectivity index (χ0v) is 15.8. The van der Waals surface area contributed by atoms with E-state index in [0.717, 1.165) is 33.7 Å². The Hall–Kier alpha value is -0.800. The molecule has 2 rings (SSSR count). The highest BCUT2D eigenvalue weighted by Crippen LogP contribution is 2.28. The second-order valence-electron chi connectivity index (χ2n) is 5.45. The molecule has 1 aliphatic rings. The SMILES string of the molecule is CCSc1nnc(SCC(=O)NC(=O)N[C@H]2CCCC[C@@H]2C)s1. The largest absolute Gasteiger partial charge is 0.335 e. The third kappa shape index (κ3) is 6.31. The van der Waals surface area contributed by atoms with E-state index >= 15 is 0 Å². The summed E-state index contributed by atoms with van der Waals surface area (Å²) in [6, 6.07) is -0.227. The van der Waals surface area contributed by atoms with Gasteiger partial charge in [0.05, 0.1) is 5.75 Å². The molecule has 1 aromatic heterocycles. The zero-order chi connectivity index (χ0) is 16.7. The Morgan fingerprint density at radius 3 is 2.61 bits per heavy atom. The summed E-state index contributed by atoms with van der Waals surface area (Å²) in [5.41, 5.74) is 0. The van der Waals surface area contributed by atoms with Gasteiger partial charge in [0.15, 0.2) is 8.68 Å². The van der Waals surface area contributed by atoms with Gasteiger partial charge in [0.1, 0.15) is 0 Å². The first-order valence-electron chi connectivity index (χ1n) is 7.78. The Kier molecular flexibility index (Phi) is 7.64. The van der Waals surface area contributed by atoms with E-state index in [2.05, 4.69) is 34.7 Å². The highest BCUT2D eigenvalue weighted by Gasteiger charge is 2.23. The Balaban J connectivity index is 1.70. The Morgan fingerprint density at radius 2 is 1.91 bits per heavy atom. The lowest BCUT2D eigenvalue weighted by Crippen LogP contribution is -2.48. The summed E-state index contributed by atoms with van der Waals surface area (Å²) in [4.78, 5) is 23.7. The third-order valence-corrected chi connectivity index (χ3v) is 6.74. The van der Waals surface area contributed by atoms with E-state index < -0.39 is 6.03 Å². The first-order chi connectivity index (χ1) is 11.1. The molecule has 0 unspecified atom stereocenters. The quantitative estimate of drug-likeness (QED) is 0.744. The molecule has 6 nitrogen and oxygen atoms in total. The van der Waals surface area contributed by atoms with Crippen molar-refractivity contribution >= 4 is 46.8 Å². The van der Waals surface area contributed by atoms with E-state index in [4.69, 9.17) is 0 Å². The van der Waals surface area contributed by atoms with Crippen LogP contribution in [0, 0.1) is 5.92 Å². The molecule has 1 fully saturated rings. The Labute approximate surface area is 149 Å². The summed E-state index contributed by atoms with van der Waals surface area (Å²) in [6.07, 6.45) is 4.47. The highest BCUT2D eigenvalue weighted by atomic mass is 32.2. The first kappa shape index (κ1) is 18.5. The molecular weight excluding hydrogens is 352 g/mol. The molecule has 0 aliphatic heterocycles. The standard InChI is InChI=1S/C14H22N4O2S3/c1-3-21-13-17-18-14(23-13)22-8-11(19)16-12(20)15-10-7-5-4-6-9(10)2/h9-10H,3-8H2,1-2H3,(H2,15,16,19,20)/t9-,10-/m0/s1. The van der Waals surface area contributed by atoms with Crippen LogP contribution in [0.5, 0.6) is 0 Å². The molecule has 23 heavy (non-hydrogen) atoms. The lowest BCUT2D eigenvalue weighted by molar-refractivity contribution is -0.117. The predicted octanol–water partition coefficient (Wildman–Crippen LogP) is 3.15. The minimum absolute atomic E-state index is 0.166. The molecule has 0 aromatic carbocycles. The summed E-state index contributed by atoms with van der Waals surface area (Å²) in [6.45, 7) is 4.20. The van der Waals surface area contributed by atoms with Gasteiger partial charge in [-0.2, -0.15) is 0 Å². The molecule has 2 N–H and O–H groups in total. The summed E-state index contributed by atoms with van der Waals surface area (Å²) in [5, 5.41) is 13.4. The van der Waals surface area contributed by atoms with Crippen molar-refractivity contribution in [2.45, 2.75) is 54.3 Å². The monoisotopic (exact) mass is 374 g/mol. The van der Waals surface area contributed by atoms with Crippen molar-refractivity contribution in [1.82, 2.24) is 20.8 Å². The van der Waals surface area contributed by atoms with Crippen molar-refractivity contribution in [1.29, 1.82) is 0 Å². The average Bonchev–Trinajstić information content (AvgIpc) is 2.96. The number of hydrogen-bond acceptors (Lipinski definition) is 7. The predicted molar refractivity (Wildman–Crippen MR) is 95.1 cm³/mol. The number of hydrogen-bond donors (Lipinski definition) is 2. The van der Waals surface area contributed by atoms with E-state index in [1.807, 2.05) is 0 Å². The van der Waals surface area contributed by atoms with Crippen molar-refractivity contribution in [2.24, 2.45) is 5.92 Å². The van der Waals surface area contributed by atoms with Gasteiger partial charge in [-0.1, -0.05) is 61.5 Å². The van der Waals surface area contributed by atoms with Crippen LogP contribution in [0.1, 0.15) is 39.5 Å². The molecule has 1 aromatic rings. The van der Waals surface area contributed by atoms with Crippen LogP contribution in [0.15, 0.2) is 8.68 Å². The minimum Gasteiger partial charge on any atom is -0.335 e. The van der Waals surface area contributed by atoms with Crippen LogP contribution in [0.25, 0.3) is 0 Å². The molecule has 3 amide bonds.